The van der Waals surface area contributed by atoms with Gasteiger partial charge in [0.1, 0.15) is 12.2 Å². The molecule has 12 heavy (non-hydrogen) atoms. The van der Waals surface area contributed by atoms with Crippen LogP contribution in [-0.2, 0) is 4.74 Å². The molecule has 2 nitrogen and oxygen atoms in total. The summed E-state index contributed by atoms with van der Waals surface area (Å²) in [6.45, 7) is 0.108. The smallest absolute Gasteiger partial charge is 0.112 e. The lowest BCUT2D eigenvalue weighted by molar-refractivity contribution is 0.242. The molecule has 1 N–H and O–H groups in total. The van der Waals surface area contributed by atoms with Crippen molar-refractivity contribution in [2.45, 2.75) is 12.2 Å². The molecule has 2 rings (SSSR count). The number of halogens is 1. The van der Waals surface area contributed by atoms with Gasteiger partial charge in [-0.05, 0) is 17.7 Å². The molecule has 1 aliphatic rings. The maximum Gasteiger partial charge on any atom is 0.112 e. The van der Waals surface area contributed by atoms with Crippen LogP contribution < -0.4 is 0 Å². The highest BCUT2D eigenvalue weighted by Crippen LogP contribution is 2.38. The molecule has 1 aromatic rings. The van der Waals surface area contributed by atoms with Gasteiger partial charge < -0.3 is 9.84 Å². The topological polar surface area (TPSA) is 32.8 Å². The van der Waals surface area contributed by atoms with Crippen molar-refractivity contribution < 1.29 is 9.84 Å². The summed E-state index contributed by atoms with van der Waals surface area (Å²) in [5, 5.41) is 8.77. The molecule has 0 amide bonds. The minimum atomic E-state index is 0.0132. The normalized spacial score (nSPS) is 27.2. The molecule has 64 valence electrons. The number of aliphatic hydroxyl groups is 1. The number of ether oxygens (including phenoxy) is 1. The standard InChI is InChI=1S/C9H9BrO2/c10-7-3-1-2-6(4-7)9-8(5-11)12-9/h1-4,8-9,11H,5H2/t8-,9-/m1/s1. The zero-order chi connectivity index (χ0) is 8.55. The number of aliphatic hydroxyl groups excluding tert-OH is 1. The van der Waals surface area contributed by atoms with Crippen molar-refractivity contribution in [3.05, 3.63) is 34.3 Å². The summed E-state index contributed by atoms with van der Waals surface area (Å²) in [6, 6.07) is 7.96. The zero-order valence-corrected chi connectivity index (χ0v) is 7.99. The van der Waals surface area contributed by atoms with Gasteiger partial charge >= 0.3 is 0 Å². The second-order valence-electron chi connectivity index (χ2n) is 2.83. The van der Waals surface area contributed by atoms with Gasteiger partial charge in [0.05, 0.1) is 6.61 Å². The van der Waals surface area contributed by atoms with Crippen molar-refractivity contribution in [2.75, 3.05) is 6.61 Å². The number of rotatable bonds is 2. The molecule has 0 unspecified atom stereocenters. The molecular weight excluding hydrogens is 220 g/mol. The number of hydrogen-bond donors (Lipinski definition) is 1. The van der Waals surface area contributed by atoms with E-state index in [1.165, 1.54) is 0 Å². The van der Waals surface area contributed by atoms with E-state index in [4.69, 9.17) is 9.84 Å². The van der Waals surface area contributed by atoms with Gasteiger partial charge in [-0.2, -0.15) is 0 Å². The van der Waals surface area contributed by atoms with E-state index in [-0.39, 0.29) is 18.8 Å². The van der Waals surface area contributed by atoms with Crippen molar-refractivity contribution in [3.63, 3.8) is 0 Å². The van der Waals surface area contributed by atoms with Crippen LogP contribution in [0.15, 0.2) is 28.7 Å². The predicted molar refractivity (Wildman–Crippen MR) is 48.8 cm³/mol. The van der Waals surface area contributed by atoms with Crippen LogP contribution in [0.4, 0.5) is 0 Å². The first kappa shape index (κ1) is 8.23. The summed E-state index contributed by atoms with van der Waals surface area (Å²) in [5.41, 5.74) is 1.13. The van der Waals surface area contributed by atoms with Crippen LogP contribution in [0.25, 0.3) is 0 Å². The Morgan fingerprint density at radius 2 is 2.33 bits per heavy atom. The van der Waals surface area contributed by atoms with Crippen LogP contribution in [0.5, 0.6) is 0 Å². The van der Waals surface area contributed by atoms with Crippen LogP contribution in [0, 0.1) is 0 Å². The van der Waals surface area contributed by atoms with Gasteiger partial charge in [0.15, 0.2) is 0 Å². The van der Waals surface area contributed by atoms with Gasteiger partial charge in [-0.25, -0.2) is 0 Å². The summed E-state index contributed by atoms with van der Waals surface area (Å²) in [5.74, 6) is 0. The molecule has 1 aromatic carbocycles. The number of hydrogen-bond acceptors (Lipinski definition) is 2. The Hall–Kier alpha value is -0.380. The van der Waals surface area contributed by atoms with E-state index in [0.29, 0.717) is 0 Å². The maximum atomic E-state index is 8.77. The monoisotopic (exact) mass is 228 g/mol. The predicted octanol–water partition coefficient (Wildman–Crippen LogP) is 1.88. The summed E-state index contributed by atoms with van der Waals surface area (Å²) >= 11 is 3.38. The van der Waals surface area contributed by atoms with Crippen molar-refractivity contribution in [1.29, 1.82) is 0 Å². The molecule has 0 spiro atoms. The first-order valence-electron chi connectivity index (χ1n) is 3.83. The fourth-order valence-electron chi connectivity index (χ4n) is 1.26. The van der Waals surface area contributed by atoms with Crippen molar-refractivity contribution in [1.82, 2.24) is 0 Å². The molecule has 3 heteroatoms. The molecule has 0 radical (unpaired) electrons. The van der Waals surface area contributed by atoms with E-state index in [0.717, 1.165) is 10.0 Å². The Morgan fingerprint density at radius 1 is 1.50 bits per heavy atom. The summed E-state index contributed by atoms with van der Waals surface area (Å²) < 4.78 is 6.28. The van der Waals surface area contributed by atoms with Crippen LogP contribution >= 0.6 is 15.9 Å². The maximum absolute atomic E-state index is 8.77. The van der Waals surface area contributed by atoms with Gasteiger partial charge in [-0.1, -0.05) is 28.1 Å². The average molecular weight is 229 g/mol. The Balaban J connectivity index is 2.14. The van der Waals surface area contributed by atoms with E-state index < -0.39 is 0 Å². The van der Waals surface area contributed by atoms with Crippen molar-refractivity contribution in [3.8, 4) is 0 Å². The molecule has 1 saturated heterocycles. The molecular formula is C9H9BrO2. The van der Waals surface area contributed by atoms with E-state index in [9.17, 15) is 0 Å². The van der Waals surface area contributed by atoms with Crippen LogP contribution in [0.1, 0.15) is 11.7 Å². The Morgan fingerprint density at radius 3 is 2.92 bits per heavy atom. The van der Waals surface area contributed by atoms with E-state index >= 15 is 0 Å². The molecule has 2 atom stereocenters. The highest BCUT2D eigenvalue weighted by Gasteiger charge is 2.39. The van der Waals surface area contributed by atoms with Gasteiger partial charge in [0, 0.05) is 4.47 Å². The fourth-order valence-corrected chi connectivity index (χ4v) is 1.68. The van der Waals surface area contributed by atoms with Crippen LogP contribution in [-0.4, -0.2) is 17.8 Å². The fraction of sp³-hybridized carbons (Fsp3) is 0.333. The van der Waals surface area contributed by atoms with Crippen LogP contribution in [0.2, 0.25) is 0 Å². The minimum Gasteiger partial charge on any atom is -0.394 e. The molecule has 0 aromatic heterocycles. The summed E-state index contributed by atoms with van der Waals surface area (Å²) in [4.78, 5) is 0. The third-order valence-electron chi connectivity index (χ3n) is 1.94. The average Bonchev–Trinajstić information content (AvgIpc) is 2.83. The van der Waals surface area contributed by atoms with Gasteiger partial charge in [-0.15, -0.1) is 0 Å². The molecule has 0 bridgehead atoms. The lowest BCUT2D eigenvalue weighted by atomic mass is 10.1. The van der Waals surface area contributed by atoms with Crippen molar-refractivity contribution >= 4 is 15.9 Å². The highest BCUT2D eigenvalue weighted by atomic mass is 79.9. The summed E-state index contributed by atoms with van der Waals surface area (Å²) in [6.07, 6.45) is 0.117. The number of benzene rings is 1. The number of epoxide rings is 1. The molecule has 0 saturated carbocycles. The third-order valence-corrected chi connectivity index (χ3v) is 2.43. The molecule has 0 aliphatic carbocycles. The van der Waals surface area contributed by atoms with Gasteiger partial charge in [-0.3, -0.25) is 0 Å². The second kappa shape index (κ2) is 3.17. The van der Waals surface area contributed by atoms with E-state index in [1.54, 1.807) is 0 Å². The Bertz CT molecular complexity index is 288. The van der Waals surface area contributed by atoms with Gasteiger partial charge in [0.25, 0.3) is 0 Å². The first-order valence-corrected chi connectivity index (χ1v) is 4.62. The quantitative estimate of drug-likeness (QED) is 0.785. The lowest BCUT2D eigenvalue weighted by Crippen LogP contribution is -1.94. The lowest BCUT2D eigenvalue weighted by Gasteiger charge is -1.95. The SMILES string of the molecule is OC[C@H]1O[C@@H]1c1cccc(Br)c1. The first-order chi connectivity index (χ1) is 5.81. The van der Waals surface area contributed by atoms with Gasteiger partial charge in [0.2, 0.25) is 0 Å². The highest BCUT2D eigenvalue weighted by molar-refractivity contribution is 9.10. The second-order valence-corrected chi connectivity index (χ2v) is 3.75. The van der Waals surface area contributed by atoms with Crippen molar-refractivity contribution in [2.24, 2.45) is 0 Å². The van der Waals surface area contributed by atoms with E-state index in [1.807, 2.05) is 24.3 Å². The molecule has 1 fully saturated rings. The zero-order valence-electron chi connectivity index (χ0n) is 6.40. The molecule has 1 aliphatic heterocycles. The van der Waals surface area contributed by atoms with Crippen LogP contribution in [0.3, 0.4) is 0 Å². The molecule has 1 heterocycles. The third kappa shape index (κ3) is 1.53. The Labute approximate surface area is 79.3 Å². The minimum absolute atomic E-state index is 0.0132. The Kier molecular flexibility index (Phi) is 2.17. The van der Waals surface area contributed by atoms with E-state index in [2.05, 4.69) is 15.9 Å². The summed E-state index contributed by atoms with van der Waals surface area (Å²) in [7, 11) is 0. The largest absolute Gasteiger partial charge is 0.394 e.